The summed E-state index contributed by atoms with van der Waals surface area (Å²) in [5.74, 6) is -0.754. The number of nitrogens with zero attached hydrogens (tertiary/aromatic N) is 4. The van der Waals surface area contributed by atoms with Gasteiger partial charge in [-0.3, -0.25) is 14.5 Å². The molecule has 4 rings (SSSR count). The molecule has 0 aliphatic carbocycles. The van der Waals surface area contributed by atoms with Crippen LogP contribution in [-0.4, -0.2) is 78.3 Å². The van der Waals surface area contributed by atoms with E-state index < -0.39 is 6.04 Å². The molecule has 176 valence electrons. The van der Waals surface area contributed by atoms with E-state index in [1.54, 1.807) is 30.0 Å². The van der Waals surface area contributed by atoms with Gasteiger partial charge in [-0.2, -0.15) is 5.10 Å². The van der Waals surface area contributed by atoms with Crippen LogP contribution in [0.4, 0.5) is 4.39 Å². The third-order valence-electron chi connectivity index (χ3n) is 6.01. The first-order chi connectivity index (χ1) is 16.1. The zero-order chi connectivity index (χ0) is 23.2. The number of halogens is 1. The molecule has 1 saturated heterocycles. The lowest BCUT2D eigenvalue weighted by molar-refractivity contribution is -0.141. The maximum atomic E-state index is 14.7. The Hall–Kier alpha value is -2.62. The van der Waals surface area contributed by atoms with Gasteiger partial charge in [-0.25, -0.2) is 9.40 Å². The van der Waals surface area contributed by atoms with Crippen molar-refractivity contribution in [3.63, 3.8) is 0 Å². The van der Waals surface area contributed by atoms with Crippen LogP contribution in [0.1, 0.15) is 36.2 Å². The molecule has 1 aromatic carbocycles. The van der Waals surface area contributed by atoms with Crippen LogP contribution in [0.3, 0.4) is 0 Å². The van der Waals surface area contributed by atoms with Gasteiger partial charge in [0.2, 0.25) is 5.91 Å². The predicted molar refractivity (Wildman–Crippen MR) is 126 cm³/mol. The number of benzene rings is 1. The summed E-state index contributed by atoms with van der Waals surface area (Å²) in [5, 5.41) is 7.92. The molecule has 2 aliphatic rings. The van der Waals surface area contributed by atoms with Crippen LogP contribution in [-0.2, 0) is 14.3 Å². The molecular weight excluding hydrogens is 443 g/mol. The Morgan fingerprint density at radius 2 is 2.00 bits per heavy atom. The molecule has 7 nitrogen and oxygen atoms in total. The fourth-order valence-corrected chi connectivity index (χ4v) is 4.88. The highest BCUT2D eigenvalue weighted by atomic mass is 32.1. The van der Waals surface area contributed by atoms with Gasteiger partial charge in [0.05, 0.1) is 29.8 Å². The van der Waals surface area contributed by atoms with Crippen LogP contribution >= 0.6 is 11.3 Å². The molecule has 0 saturated carbocycles. The second kappa shape index (κ2) is 11.0. The first-order valence-electron chi connectivity index (χ1n) is 11.3. The maximum absolute atomic E-state index is 14.7. The lowest BCUT2D eigenvalue weighted by Crippen LogP contribution is -2.46. The number of hydrazone groups is 1. The quantitative estimate of drug-likeness (QED) is 0.592. The highest BCUT2D eigenvalue weighted by Gasteiger charge is 2.35. The minimum Gasteiger partial charge on any atom is -0.379 e. The smallest absolute Gasteiger partial charge is 0.262 e. The van der Waals surface area contributed by atoms with E-state index in [4.69, 9.17) is 4.74 Å². The van der Waals surface area contributed by atoms with Gasteiger partial charge >= 0.3 is 0 Å². The number of rotatable bonds is 8. The van der Waals surface area contributed by atoms with E-state index in [1.165, 1.54) is 22.4 Å². The van der Waals surface area contributed by atoms with Gasteiger partial charge < -0.3 is 9.64 Å². The van der Waals surface area contributed by atoms with Gasteiger partial charge in [0.1, 0.15) is 12.4 Å². The summed E-state index contributed by atoms with van der Waals surface area (Å²) in [5.41, 5.74) is 1.19. The van der Waals surface area contributed by atoms with Gasteiger partial charge in [-0.05, 0) is 17.5 Å². The van der Waals surface area contributed by atoms with E-state index in [9.17, 15) is 14.0 Å². The number of amides is 2. The number of thiophene rings is 1. The predicted octanol–water partition coefficient (Wildman–Crippen LogP) is 3.14. The van der Waals surface area contributed by atoms with E-state index in [2.05, 4.69) is 10.0 Å². The second-order valence-electron chi connectivity index (χ2n) is 8.13. The molecule has 0 N–H and O–H groups in total. The van der Waals surface area contributed by atoms with Crippen molar-refractivity contribution in [2.75, 3.05) is 45.9 Å². The number of carbonyl (C=O) groups is 2. The summed E-state index contributed by atoms with van der Waals surface area (Å²) in [6.07, 6.45) is 0.750. The number of carbonyl (C=O) groups excluding carboxylic acids is 2. The molecule has 33 heavy (non-hydrogen) atoms. The Morgan fingerprint density at radius 3 is 2.70 bits per heavy atom. The van der Waals surface area contributed by atoms with Crippen molar-refractivity contribution in [3.05, 3.63) is 58.0 Å². The molecule has 1 aromatic heterocycles. The van der Waals surface area contributed by atoms with Crippen molar-refractivity contribution in [3.8, 4) is 0 Å². The first kappa shape index (κ1) is 23.5. The molecule has 0 spiro atoms. The molecular formula is C24H29FN4O3S. The Bertz CT molecular complexity index is 991. The van der Waals surface area contributed by atoms with Gasteiger partial charge in [0.15, 0.2) is 0 Å². The number of hydrogen-bond acceptors (Lipinski definition) is 6. The molecule has 0 bridgehead atoms. The van der Waals surface area contributed by atoms with Gasteiger partial charge in [0, 0.05) is 44.6 Å². The monoisotopic (exact) mass is 472 g/mol. The van der Waals surface area contributed by atoms with Crippen LogP contribution in [0.2, 0.25) is 0 Å². The lowest BCUT2D eigenvalue weighted by atomic mass is 10.0. The molecule has 3 heterocycles. The number of morpholine rings is 1. The molecule has 1 fully saturated rings. The molecule has 0 radical (unpaired) electrons. The average molecular weight is 473 g/mol. The van der Waals surface area contributed by atoms with Gasteiger partial charge in [0.25, 0.3) is 5.91 Å². The van der Waals surface area contributed by atoms with E-state index in [0.29, 0.717) is 44.7 Å². The van der Waals surface area contributed by atoms with Crippen LogP contribution in [0.15, 0.2) is 46.9 Å². The van der Waals surface area contributed by atoms with Crippen molar-refractivity contribution in [2.24, 2.45) is 5.10 Å². The van der Waals surface area contributed by atoms with Crippen LogP contribution in [0.5, 0.6) is 0 Å². The van der Waals surface area contributed by atoms with Crippen molar-refractivity contribution in [2.45, 2.75) is 25.8 Å². The molecule has 1 unspecified atom stereocenters. The standard InChI is InChI=1S/C24H29FN4O3S/c1-2-23(30)28(10-9-27-11-13-32-14-12-27)17-24(31)29-21(18-6-3-4-7-19(18)25)16-20(26-29)22-8-5-15-33-22/h3-8,15,21H,2,9-14,16-17H2,1H3. The molecule has 2 aliphatic heterocycles. The topological polar surface area (TPSA) is 65.5 Å². The second-order valence-corrected chi connectivity index (χ2v) is 9.07. The van der Waals surface area contributed by atoms with Crippen LogP contribution < -0.4 is 0 Å². The Labute approximate surface area is 197 Å². The molecule has 2 aromatic rings. The van der Waals surface area contributed by atoms with Gasteiger partial charge in [-0.1, -0.05) is 31.2 Å². The lowest BCUT2D eigenvalue weighted by Gasteiger charge is -2.31. The third kappa shape index (κ3) is 5.66. The zero-order valence-corrected chi connectivity index (χ0v) is 19.6. The first-order valence-corrected chi connectivity index (χ1v) is 12.2. The summed E-state index contributed by atoms with van der Waals surface area (Å²) in [4.78, 5) is 30.8. The molecule has 1 atom stereocenters. The minimum atomic E-state index is -0.534. The Morgan fingerprint density at radius 1 is 1.21 bits per heavy atom. The fraction of sp³-hybridized carbons (Fsp3) is 0.458. The van der Waals surface area contributed by atoms with E-state index >= 15 is 0 Å². The minimum absolute atomic E-state index is 0.0802. The maximum Gasteiger partial charge on any atom is 0.262 e. The van der Waals surface area contributed by atoms with Crippen molar-refractivity contribution < 1.29 is 18.7 Å². The fourth-order valence-electron chi connectivity index (χ4n) is 4.16. The van der Waals surface area contributed by atoms with E-state index in [0.717, 1.165) is 23.7 Å². The highest BCUT2D eigenvalue weighted by molar-refractivity contribution is 7.12. The van der Waals surface area contributed by atoms with Crippen molar-refractivity contribution >= 4 is 28.9 Å². The zero-order valence-electron chi connectivity index (χ0n) is 18.8. The van der Waals surface area contributed by atoms with Crippen molar-refractivity contribution in [1.82, 2.24) is 14.8 Å². The highest BCUT2D eigenvalue weighted by Crippen LogP contribution is 2.35. The average Bonchev–Trinajstić information content (AvgIpc) is 3.52. The summed E-state index contributed by atoms with van der Waals surface area (Å²) in [7, 11) is 0. The van der Waals surface area contributed by atoms with E-state index in [1.807, 2.05) is 17.5 Å². The number of hydrogen-bond donors (Lipinski definition) is 0. The SMILES string of the molecule is CCC(=O)N(CCN1CCOCC1)CC(=O)N1N=C(c2cccs2)CC1c1ccccc1F. The summed E-state index contributed by atoms with van der Waals surface area (Å²) in [6, 6.07) is 9.84. The molecule has 2 amide bonds. The Balaban J connectivity index is 1.52. The summed E-state index contributed by atoms with van der Waals surface area (Å²) >= 11 is 1.54. The molecule has 9 heteroatoms. The Kier molecular flexibility index (Phi) is 7.85. The van der Waals surface area contributed by atoms with Gasteiger partial charge in [-0.15, -0.1) is 11.3 Å². The largest absolute Gasteiger partial charge is 0.379 e. The third-order valence-corrected chi connectivity index (χ3v) is 6.93. The van der Waals surface area contributed by atoms with Crippen LogP contribution in [0.25, 0.3) is 0 Å². The number of ether oxygens (including phenoxy) is 1. The summed E-state index contributed by atoms with van der Waals surface area (Å²) in [6.45, 7) is 5.85. The normalized spacial score (nSPS) is 18.9. The summed E-state index contributed by atoms with van der Waals surface area (Å²) < 4.78 is 20.0. The van der Waals surface area contributed by atoms with E-state index in [-0.39, 0.29) is 24.2 Å². The van der Waals surface area contributed by atoms with Crippen molar-refractivity contribution in [1.29, 1.82) is 0 Å². The van der Waals surface area contributed by atoms with Crippen LogP contribution in [0, 0.1) is 5.82 Å².